The minimum absolute atomic E-state index is 1.10. The van der Waals surface area contributed by atoms with Crippen LogP contribution in [0.3, 0.4) is 0 Å². The Kier molecular flexibility index (Phi) is 2.86. The predicted molar refractivity (Wildman–Crippen MR) is 76.2 cm³/mol. The zero-order valence-electron chi connectivity index (χ0n) is 9.49. The minimum Gasteiger partial charge on any atom is -0.0622 e. The second-order valence-corrected chi connectivity index (χ2v) is 5.26. The maximum Gasteiger partial charge on any atom is 0.00384 e. The van der Waals surface area contributed by atoms with Crippen LogP contribution in [0.4, 0.5) is 0 Å². The van der Waals surface area contributed by atoms with Gasteiger partial charge in [-0.1, -0.05) is 70.5 Å². The maximum atomic E-state index is 3.74. The lowest BCUT2D eigenvalue weighted by Crippen LogP contribution is -2.03. The highest BCUT2D eigenvalue weighted by atomic mass is 79.9. The standard InChI is InChI=1S/C16H13Br/c17-15-11-10-12-6-4-5-9-14(12)16(15)13-7-2-1-3-8-13/h1-9H,10-11H2. The first-order valence-electron chi connectivity index (χ1n) is 5.88. The Morgan fingerprint density at radius 2 is 1.47 bits per heavy atom. The lowest BCUT2D eigenvalue weighted by Gasteiger charge is -2.20. The van der Waals surface area contributed by atoms with E-state index < -0.39 is 0 Å². The molecular weight excluding hydrogens is 272 g/mol. The molecule has 84 valence electrons. The monoisotopic (exact) mass is 284 g/mol. The van der Waals surface area contributed by atoms with Crippen molar-refractivity contribution in [2.24, 2.45) is 0 Å². The summed E-state index contributed by atoms with van der Waals surface area (Å²) in [5.74, 6) is 0. The fraction of sp³-hybridized carbons (Fsp3) is 0.125. The van der Waals surface area contributed by atoms with Crippen LogP contribution in [-0.4, -0.2) is 0 Å². The molecule has 1 aliphatic rings. The summed E-state index contributed by atoms with van der Waals surface area (Å²) >= 11 is 3.74. The van der Waals surface area contributed by atoms with Crippen molar-refractivity contribution >= 4 is 21.5 Å². The lowest BCUT2D eigenvalue weighted by molar-refractivity contribution is 0.968. The van der Waals surface area contributed by atoms with E-state index in [-0.39, 0.29) is 0 Å². The summed E-state index contributed by atoms with van der Waals surface area (Å²) in [7, 11) is 0. The normalized spacial score (nSPS) is 14.6. The highest BCUT2D eigenvalue weighted by molar-refractivity contribution is 9.11. The zero-order valence-corrected chi connectivity index (χ0v) is 11.1. The van der Waals surface area contributed by atoms with Crippen molar-refractivity contribution in [2.45, 2.75) is 12.8 Å². The molecule has 0 saturated heterocycles. The highest BCUT2D eigenvalue weighted by Gasteiger charge is 2.17. The molecule has 3 rings (SSSR count). The molecule has 0 bridgehead atoms. The first-order valence-corrected chi connectivity index (χ1v) is 6.68. The second-order valence-electron chi connectivity index (χ2n) is 4.30. The number of halogens is 1. The minimum atomic E-state index is 1.10. The van der Waals surface area contributed by atoms with Crippen molar-refractivity contribution in [3.05, 3.63) is 75.8 Å². The van der Waals surface area contributed by atoms with Gasteiger partial charge in [-0.3, -0.25) is 0 Å². The molecule has 0 amide bonds. The number of hydrogen-bond donors (Lipinski definition) is 0. The molecule has 0 unspecified atom stereocenters. The van der Waals surface area contributed by atoms with Crippen LogP contribution in [0, 0.1) is 0 Å². The molecule has 1 aliphatic carbocycles. The molecule has 0 aromatic heterocycles. The molecule has 0 radical (unpaired) electrons. The van der Waals surface area contributed by atoms with Gasteiger partial charge in [-0.15, -0.1) is 0 Å². The number of rotatable bonds is 1. The molecule has 0 heterocycles. The summed E-state index contributed by atoms with van der Waals surface area (Å²) in [5.41, 5.74) is 5.48. The van der Waals surface area contributed by atoms with Gasteiger partial charge in [-0.25, -0.2) is 0 Å². The van der Waals surface area contributed by atoms with Gasteiger partial charge in [-0.2, -0.15) is 0 Å². The Morgan fingerprint density at radius 1 is 0.765 bits per heavy atom. The molecule has 0 aliphatic heterocycles. The van der Waals surface area contributed by atoms with Crippen molar-refractivity contribution in [2.75, 3.05) is 0 Å². The zero-order chi connectivity index (χ0) is 11.7. The van der Waals surface area contributed by atoms with Gasteiger partial charge in [0.2, 0.25) is 0 Å². The Bertz CT molecular complexity index is 567. The van der Waals surface area contributed by atoms with Crippen molar-refractivity contribution < 1.29 is 0 Å². The molecule has 0 nitrogen and oxygen atoms in total. The summed E-state index contributed by atoms with van der Waals surface area (Å²) in [6.07, 6.45) is 2.23. The molecule has 0 N–H and O–H groups in total. The molecule has 0 fully saturated rings. The van der Waals surface area contributed by atoms with Gasteiger partial charge in [-0.05, 0) is 35.1 Å². The number of benzene rings is 2. The van der Waals surface area contributed by atoms with Crippen LogP contribution in [0.5, 0.6) is 0 Å². The van der Waals surface area contributed by atoms with Gasteiger partial charge in [0.1, 0.15) is 0 Å². The highest BCUT2D eigenvalue weighted by Crippen LogP contribution is 2.38. The van der Waals surface area contributed by atoms with Gasteiger partial charge >= 0.3 is 0 Å². The summed E-state index contributed by atoms with van der Waals surface area (Å²) < 4.78 is 1.32. The third-order valence-electron chi connectivity index (χ3n) is 3.23. The summed E-state index contributed by atoms with van der Waals surface area (Å²) in [6.45, 7) is 0. The third kappa shape index (κ3) is 1.96. The van der Waals surface area contributed by atoms with E-state index in [2.05, 4.69) is 70.5 Å². The Labute approximate surface area is 110 Å². The summed E-state index contributed by atoms with van der Waals surface area (Å²) in [4.78, 5) is 0. The molecule has 0 atom stereocenters. The Hall–Kier alpha value is -1.34. The van der Waals surface area contributed by atoms with Crippen molar-refractivity contribution in [1.82, 2.24) is 0 Å². The smallest absolute Gasteiger partial charge is 0.00384 e. The van der Waals surface area contributed by atoms with Gasteiger partial charge < -0.3 is 0 Å². The first kappa shape index (κ1) is 10.8. The number of aryl methyl sites for hydroxylation is 1. The fourth-order valence-electron chi connectivity index (χ4n) is 2.41. The van der Waals surface area contributed by atoms with Crippen LogP contribution in [0.15, 0.2) is 59.1 Å². The molecule has 2 aromatic rings. The molecular formula is C16H13Br. The largest absolute Gasteiger partial charge is 0.0622 e. The second kappa shape index (κ2) is 4.50. The van der Waals surface area contributed by atoms with Crippen LogP contribution in [-0.2, 0) is 6.42 Å². The quantitative estimate of drug-likeness (QED) is 0.707. The van der Waals surface area contributed by atoms with Gasteiger partial charge in [0, 0.05) is 4.48 Å². The van der Waals surface area contributed by atoms with Gasteiger partial charge in [0.15, 0.2) is 0 Å². The Morgan fingerprint density at radius 3 is 2.29 bits per heavy atom. The topological polar surface area (TPSA) is 0 Å². The van der Waals surface area contributed by atoms with Crippen LogP contribution in [0.2, 0.25) is 0 Å². The average Bonchev–Trinajstić information content (AvgIpc) is 2.39. The van der Waals surface area contributed by atoms with Crippen molar-refractivity contribution in [3.8, 4) is 0 Å². The van der Waals surface area contributed by atoms with E-state index in [9.17, 15) is 0 Å². The van der Waals surface area contributed by atoms with E-state index in [1.54, 1.807) is 0 Å². The molecule has 0 spiro atoms. The van der Waals surface area contributed by atoms with E-state index in [0.717, 1.165) is 12.8 Å². The van der Waals surface area contributed by atoms with Gasteiger partial charge in [0.05, 0.1) is 0 Å². The van der Waals surface area contributed by atoms with E-state index in [4.69, 9.17) is 0 Å². The van der Waals surface area contributed by atoms with E-state index >= 15 is 0 Å². The number of allylic oxidation sites excluding steroid dienone is 1. The van der Waals surface area contributed by atoms with E-state index in [0.29, 0.717) is 0 Å². The van der Waals surface area contributed by atoms with Crippen LogP contribution in [0.25, 0.3) is 5.57 Å². The first-order chi connectivity index (χ1) is 8.36. The van der Waals surface area contributed by atoms with Crippen LogP contribution >= 0.6 is 15.9 Å². The molecule has 0 saturated carbocycles. The lowest BCUT2D eigenvalue weighted by atomic mass is 9.87. The predicted octanol–water partition coefficient (Wildman–Crippen LogP) is 4.79. The SMILES string of the molecule is BrC1=C(c2ccccc2)c2ccccc2CC1. The van der Waals surface area contributed by atoms with Gasteiger partial charge in [0.25, 0.3) is 0 Å². The number of hydrogen-bond acceptors (Lipinski definition) is 0. The maximum absolute atomic E-state index is 3.74. The van der Waals surface area contributed by atoms with E-state index in [1.807, 2.05) is 0 Å². The summed E-state index contributed by atoms with van der Waals surface area (Å²) in [6, 6.07) is 19.3. The number of fused-ring (bicyclic) bond motifs is 1. The van der Waals surface area contributed by atoms with Crippen molar-refractivity contribution in [1.29, 1.82) is 0 Å². The Balaban J connectivity index is 2.21. The average molecular weight is 285 g/mol. The van der Waals surface area contributed by atoms with Crippen LogP contribution < -0.4 is 0 Å². The fourth-order valence-corrected chi connectivity index (χ4v) is 3.06. The molecule has 17 heavy (non-hydrogen) atoms. The third-order valence-corrected chi connectivity index (χ3v) is 4.03. The van der Waals surface area contributed by atoms with Crippen molar-refractivity contribution in [3.63, 3.8) is 0 Å². The molecule has 1 heteroatoms. The molecule has 2 aromatic carbocycles. The van der Waals surface area contributed by atoms with Crippen LogP contribution in [0.1, 0.15) is 23.1 Å². The summed E-state index contributed by atoms with van der Waals surface area (Å²) in [5, 5.41) is 0. The van der Waals surface area contributed by atoms with E-state index in [1.165, 1.54) is 26.7 Å².